The molecule has 4 heteroatoms. The Balaban J connectivity index is 1.86. The minimum absolute atomic E-state index is 0.197. The molecule has 1 heterocycles. The zero-order valence-corrected chi connectivity index (χ0v) is 10.1. The van der Waals surface area contributed by atoms with E-state index in [1.807, 2.05) is 36.4 Å². The predicted molar refractivity (Wildman–Crippen MR) is 67.8 cm³/mol. The van der Waals surface area contributed by atoms with E-state index >= 15 is 0 Å². The van der Waals surface area contributed by atoms with E-state index in [-0.39, 0.29) is 6.61 Å². The van der Waals surface area contributed by atoms with E-state index in [1.54, 1.807) is 0 Å². The molecule has 2 rings (SSSR count). The van der Waals surface area contributed by atoms with E-state index in [0.29, 0.717) is 13.0 Å². The molecule has 96 valence electrons. The van der Waals surface area contributed by atoms with Gasteiger partial charge in [0, 0.05) is 6.54 Å². The number of carbonyl (C=O) groups excluding carboxylic acids is 1. The van der Waals surface area contributed by atoms with Crippen LogP contribution < -0.4 is 5.32 Å². The first-order valence-electron chi connectivity index (χ1n) is 6.05. The van der Waals surface area contributed by atoms with Crippen molar-refractivity contribution in [2.75, 3.05) is 13.1 Å². The molecule has 1 atom stereocenters. The molecule has 1 aliphatic heterocycles. The molecule has 18 heavy (non-hydrogen) atoms. The lowest BCUT2D eigenvalue weighted by atomic mass is 10.0. The summed E-state index contributed by atoms with van der Waals surface area (Å²) in [6, 6.07) is 9.43. The number of hydrogen-bond donors (Lipinski definition) is 2. The van der Waals surface area contributed by atoms with Crippen LogP contribution in [0.15, 0.2) is 42.0 Å². The third-order valence-corrected chi connectivity index (χ3v) is 2.90. The Morgan fingerprint density at radius 3 is 2.83 bits per heavy atom. The molecule has 0 saturated carbocycles. The summed E-state index contributed by atoms with van der Waals surface area (Å²) in [6.07, 6.45) is 1.40. The smallest absolute Gasteiger partial charge is 0.339 e. The molecule has 0 aromatic heterocycles. The van der Waals surface area contributed by atoms with Gasteiger partial charge in [0.25, 0.3) is 0 Å². The number of aliphatic hydroxyl groups excluding tert-OH is 1. The predicted octanol–water partition coefficient (Wildman–Crippen LogP) is 1.01. The van der Waals surface area contributed by atoms with Gasteiger partial charge in [0.15, 0.2) is 6.10 Å². The summed E-state index contributed by atoms with van der Waals surface area (Å²) in [5.41, 5.74) is 1.66. The summed E-state index contributed by atoms with van der Waals surface area (Å²) in [6.45, 7) is 1.68. The van der Waals surface area contributed by atoms with Crippen LogP contribution >= 0.6 is 0 Å². The normalized spacial score (nSPS) is 16.8. The topological polar surface area (TPSA) is 58.6 Å². The maximum atomic E-state index is 11.7. The summed E-state index contributed by atoms with van der Waals surface area (Å²) >= 11 is 0. The van der Waals surface area contributed by atoms with Gasteiger partial charge in [-0.3, -0.25) is 0 Å². The maximum absolute atomic E-state index is 11.7. The van der Waals surface area contributed by atoms with Crippen molar-refractivity contribution in [2.24, 2.45) is 0 Å². The molecule has 4 nitrogen and oxygen atoms in total. The minimum atomic E-state index is -1.13. The quantitative estimate of drug-likeness (QED) is 0.616. The number of aliphatic hydroxyl groups is 1. The minimum Gasteiger partial charge on any atom is -0.459 e. The Hall–Kier alpha value is -1.65. The van der Waals surface area contributed by atoms with Gasteiger partial charge < -0.3 is 15.2 Å². The van der Waals surface area contributed by atoms with Crippen LogP contribution in [0.4, 0.5) is 0 Å². The highest BCUT2D eigenvalue weighted by atomic mass is 16.5. The van der Waals surface area contributed by atoms with E-state index in [4.69, 9.17) is 4.74 Å². The van der Waals surface area contributed by atoms with Gasteiger partial charge in [0.05, 0.1) is 0 Å². The molecular weight excluding hydrogens is 230 g/mol. The summed E-state index contributed by atoms with van der Waals surface area (Å²) < 4.78 is 5.09. The summed E-state index contributed by atoms with van der Waals surface area (Å²) in [4.78, 5) is 11.7. The molecule has 0 radical (unpaired) electrons. The van der Waals surface area contributed by atoms with Crippen LogP contribution in [-0.2, 0) is 16.1 Å². The number of carbonyl (C=O) groups is 1. The molecule has 1 aliphatic rings. The highest BCUT2D eigenvalue weighted by molar-refractivity contribution is 5.78. The van der Waals surface area contributed by atoms with Gasteiger partial charge in [-0.2, -0.15) is 0 Å². The summed E-state index contributed by atoms with van der Waals surface area (Å²) in [5.74, 6) is -0.577. The monoisotopic (exact) mass is 247 g/mol. The molecule has 1 aromatic rings. The molecule has 0 spiro atoms. The number of ether oxygens (including phenoxy) is 1. The average molecular weight is 247 g/mol. The fraction of sp³-hybridized carbons (Fsp3) is 0.357. The Morgan fingerprint density at radius 2 is 2.17 bits per heavy atom. The van der Waals surface area contributed by atoms with Crippen molar-refractivity contribution in [3.05, 3.63) is 47.5 Å². The van der Waals surface area contributed by atoms with E-state index in [0.717, 1.165) is 17.7 Å². The van der Waals surface area contributed by atoms with Crippen LogP contribution in [0, 0.1) is 0 Å². The van der Waals surface area contributed by atoms with Crippen LogP contribution in [0.5, 0.6) is 0 Å². The Bertz CT molecular complexity index is 428. The number of esters is 1. The van der Waals surface area contributed by atoms with Crippen molar-refractivity contribution in [2.45, 2.75) is 19.1 Å². The van der Waals surface area contributed by atoms with Crippen molar-refractivity contribution in [3.63, 3.8) is 0 Å². The van der Waals surface area contributed by atoms with Gasteiger partial charge >= 0.3 is 5.97 Å². The first-order valence-corrected chi connectivity index (χ1v) is 6.05. The third-order valence-electron chi connectivity index (χ3n) is 2.90. The second kappa shape index (κ2) is 6.33. The van der Waals surface area contributed by atoms with Crippen LogP contribution in [-0.4, -0.2) is 30.3 Å². The summed E-state index contributed by atoms with van der Waals surface area (Å²) in [7, 11) is 0. The third kappa shape index (κ3) is 3.42. The highest BCUT2D eigenvalue weighted by Gasteiger charge is 2.22. The second-order valence-electron chi connectivity index (χ2n) is 4.23. The van der Waals surface area contributed by atoms with E-state index in [9.17, 15) is 9.90 Å². The van der Waals surface area contributed by atoms with Crippen molar-refractivity contribution in [1.29, 1.82) is 0 Å². The fourth-order valence-corrected chi connectivity index (χ4v) is 1.85. The maximum Gasteiger partial charge on any atom is 0.339 e. The first kappa shape index (κ1) is 12.8. The standard InChI is InChI=1S/C14H17NO3/c16-13(12-6-8-15-9-7-12)14(17)18-10-11-4-2-1-3-5-11/h1-6,13,15-16H,7-10H2. The van der Waals surface area contributed by atoms with Gasteiger partial charge in [-0.1, -0.05) is 36.4 Å². The van der Waals surface area contributed by atoms with Gasteiger partial charge in [0.1, 0.15) is 6.61 Å². The van der Waals surface area contributed by atoms with Crippen LogP contribution in [0.25, 0.3) is 0 Å². The second-order valence-corrected chi connectivity index (χ2v) is 4.23. The number of nitrogens with one attached hydrogen (secondary N) is 1. The van der Waals surface area contributed by atoms with Gasteiger partial charge in [-0.05, 0) is 24.1 Å². The zero-order valence-electron chi connectivity index (χ0n) is 10.1. The Labute approximate surface area is 106 Å². The first-order chi connectivity index (χ1) is 8.77. The van der Waals surface area contributed by atoms with Crippen LogP contribution in [0.3, 0.4) is 0 Å². The number of rotatable bonds is 4. The van der Waals surface area contributed by atoms with Crippen LogP contribution in [0.1, 0.15) is 12.0 Å². The van der Waals surface area contributed by atoms with Crippen molar-refractivity contribution in [3.8, 4) is 0 Å². The molecule has 0 bridgehead atoms. The molecular formula is C14H17NO3. The van der Waals surface area contributed by atoms with E-state index in [2.05, 4.69) is 5.32 Å². The fourth-order valence-electron chi connectivity index (χ4n) is 1.85. The molecule has 0 aliphatic carbocycles. The molecule has 0 saturated heterocycles. The number of benzene rings is 1. The van der Waals surface area contributed by atoms with E-state index < -0.39 is 12.1 Å². The van der Waals surface area contributed by atoms with Crippen molar-refractivity contribution < 1.29 is 14.6 Å². The van der Waals surface area contributed by atoms with Gasteiger partial charge in [0.2, 0.25) is 0 Å². The SMILES string of the molecule is O=C(OCc1ccccc1)C(O)C1=CCNCC1. The Kier molecular flexibility index (Phi) is 4.50. The summed E-state index contributed by atoms with van der Waals surface area (Å²) in [5, 5.41) is 13.0. The van der Waals surface area contributed by atoms with E-state index in [1.165, 1.54) is 0 Å². The average Bonchev–Trinajstić information content (AvgIpc) is 2.46. The molecule has 0 amide bonds. The van der Waals surface area contributed by atoms with Crippen LogP contribution in [0.2, 0.25) is 0 Å². The molecule has 2 N–H and O–H groups in total. The molecule has 0 fully saturated rings. The lowest BCUT2D eigenvalue weighted by molar-refractivity contribution is -0.152. The molecule has 1 aromatic carbocycles. The number of hydrogen-bond acceptors (Lipinski definition) is 4. The van der Waals surface area contributed by atoms with Gasteiger partial charge in [-0.15, -0.1) is 0 Å². The Morgan fingerprint density at radius 1 is 1.39 bits per heavy atom. The largest absolute Gasteiger partial charge is 0.459 e. The highest BCUT2D eigenvalue weighted by Crippen LogP contribution is 2.12. The zero-order chi connectivity index (χ0) is 12.8. The van der Waals surface area contributed by atoms with Crippen molar-refractivity contribution in [1.82, 2.24) is 5.32 Å². The van der Waals surface area contributed by atoms with Crippen molar-refractivity contribution >= 4 is 5.97 Å². The van der Waals surface area contributed by atoms with Gasteiger partial charge in [-0.25, -0.2) is 4.79 Å². The lowest BCUT2D eigenvalue weighted by Crippen LogP contribution is -2.31. The molecule has 1 unspecified atom stereocenters. The lowest BCUT2D eigenvalue weighted by Gasteiger charge is -2.18.